The van der Waals surface area contributed by atoms with Crippen LogP contribution in [0.15, 0.2) is 12.1 Å². The number of ether oxygens (including phenoxy) is 4. The quantitative estimate of drug-likeness (QED) is 0.486. The lowest BCUT2D eigenvalue weighted by Crippen LogP contribution is -2.41. The van der Waals surface area contributed by atoms with Crippen LogP contribution in [0.4, 0.5) is 0 Å². The highest BCUT2D eigenvalue weighted by atomic mass is 16.7. The van der Waals surface area contributed by atoms with Crippen molar-refractivity contribution in [1.29, 1.82) is 0 Å². The Kier molecular flexibility index (Phi) is 5.58. The topological polar surface area (TPSA) is 68.3 Å². The summed E-state index contributed by atoms with van der Waals surface area (Å²) in [7, 11) is -0.447. The van der Waals surface area contributed by atoms with Crippen LogP contribution in [0.1, 0.15) is 59.1 Å². The third-order valence-corrected chi connectivity index (χ3v) is 7.55. The van der Waals surface area contributed by atoms with Crippen molar-refractivity contribution in [2.45, 2.75) is 76.3 Å². The number of hydrogen-bond acceptors (Lipinski definition) is 7. The first kappa shape index (κ1) is 21.6. The molecule has 3 saturated heterocycles. The van der Waals surface area contributed by atoms with Gasteiger partial charge in [0.1, 0.15) is 6.61 Å². The van der Waals surface area contributed by atoms with Crippen molar-refractivity contribution in [2.24, 2.45) is 5.92 Å². The Balaban J connectivity index is 1.31. The lowest BCUT2D eigenvalue weighted by atomic mass is 9.78. The van der Waals surface area contributed by atoms with E-state index in [1.165, 1.54) is 0 Å². The molecule has 0 radical (unpaired) electrons. The normalized spacial score (nSPS) is 33.4. The van der Waals surface area contributed by atoms with E-state index in [-0.39, 0.29) is 11.7 Å². The Labute approximate surface area is 185 Å². The molecule has 8 heteroatoms. The first-order valence-corrected chi connectivity index (χ1v) is 11.6. The molecule has 0 bridgehead atoms. The predicted octanol–water partition coefficient (Wildman–Crippen LogP) is 2.59. The van der Waals surface area contributed by atoms with Crippen LogP contribution in [-0.2, 0) is 28.9 Å². The van der Waals surface area contributed by atoms with E-state index in [0.717, 1.165) is 56.7 Å². The molecular formula is C23H34BNO6. The van der Waals surface area contributed by atoms with Gasteiger partial charge in [0.15, 0.2) is 6.29 Å². The predicted molar refractivity (Wildman–Crippen MR) is 116 cm³/mol. The van der Waals surface area contributed by atoms with E-state index in [4.69, 9.17) is 33.2 Å². The molecule has 4 aliphatic rings. The number of pyridine rings is 1. The molecule has 1 unspecified atom stereocenters. The van der Waals surface area contributed by atoms with E-state index in [2.05, 4.69) is 33.8 Å². The van der Waals surface area contributed by atoms with Crippen LogP contribution in [0.3, 0.4) is 0 Å². The Morgan fingerprint density at radius 3 is 2.55 bits per heavy atom. The van der Waals surface area contributed by atoms with Crippen molar-refractivity contribution >= 4 is 12.6 Å². The summed E-state index contributed by atoms with van der Waals surface area (Å²) in [6.45, 7) is 11.5. The molecule has 4 heterocycles. The fourth-order valence-electron chi connectivity index (χ4n) is 4.68. The Morgan fingerprint density at radius 1 is 1.10 bits per heavy atom. The summed E-state index contributed by atoms with van der Waals surface area (Å²) in [4.78, 5) is 4.86. The summed E-state index contributed by atoms with van der Waals surface area (Å²) in [5, 5.41) is 0. The van der Waals surface area contributed by atoms with Crippen LogP contribution in [0, 0.1) is 5.92 Å². The summed E-state index contributed by atoms with van der Waals surface area (Å²) in [5.41, 5.74) is 1.19. The molecule has 1 aromatic rings. The molecule has 3 atom stereocenters. The minimum absolute atomic E-state index is 0.0181. The third-order valence-electron chi connectivity index (χ3n) is 7.55. The lowest BCUT2D eigenvalue weighted by molar-refractivity contribution is -0.165. The van der Waals surface area contributed by atoms with Crippen molar-refractivity contribution in [2.75, 3.05) is 33.0 Å². The molecule has 0 spiro atoms. The van der Waals surface area contributed by atoms with Crippen molar-refractivity contribution in [3.05, 3.63) is 17.8 Å². The molecule has 170 valence electrons. The van der Waals surface area contributed by atoms with Gasteiger partial charge >= 0.3 is 7.12 Å². The monoisotopic (exact) mass is 431 g/mol. The van der Waals surface area contributed by atoms with Crippen LogP contribution in [0.25, 0.3) is 0 Å². The zero-order valence-electron chi connectivity index (χ0n) is 19.1. The Bertz CT molecular complexity index is 795. The zero-order valence-corrected chi connectivity index (χ0v) is 19.1. The molecule has 0 N–H and O–H groups in total. The number of fused-ring (bicyclic) bond motifs is 1. The maximum atomic E-state index is 6.30. The molecule has 0 aromatic carbocycles. The Hall–Kier alpha value is -1.19. The second-order valence-corrected chi connectivity index (χ2v) is 10.3. The van der Waals surface area contributed by atoms with Crippen LogP contribution < -0.4 is 10.2 Å². The molecule has 4 fully saturated rings. The molecule has 1 aromatic heterocycles. The van der Waals surface area contributed by atoms with Crippen LogP contribution >= 0.6 is 0 Å². The fraction of sp³-hybridized carbons (Fsp3) is 0.783. The highest BCUT2D eigenvalue weighted by molar-refractivity contribution is 6.62. The molecule has 1 aliphatic carbocycles. The van der Waals surface area contributed by atoms with Crippen molar-refractivity contribution < 1.29 is 28.3 Å². The van der Waals surface area contributed by atoms with Gasteiger partial charge in [-0.15, -0.1) is 0 Å². The fourth-order valence-corrected chi connectivity index (χ4v) is 4.68. The van der Waals surface area contributed by atoms with Crippen molar-refractivity contribution in [3.8, 4) is 5.88 Å². The average molecular weight is 431 g/mol. The zero-order chi connectivity index (χ0) is 21.7. The molecule has 0 amide bonds. The van der Waals surface area contributed by atoms with E-state index in [0.29, 0.717) is 25.0 Å². The van der Waals surface area contributed by atoms with Gasteiger partial charge in [0.25, 0.3) is 0 Å². The van der Waals surface area contributed by atoms with E-state index in [1.54, 1.807) is 0 Å². The maximum Gasteiger partial charge on any atom is 0.495 e. The highest BCUT2D eigenvalue weighted by Crippen LogP contribution is 2.57. The van der Waals surface area contributed by atoms with Gasteiger partial charge in [0, 0.05) is 18.1 Å². The van der Waals surface area contributed by atoms with Gasteiger partial charge in [-0.2, -0.15) is 0 Å². The summed E-state index contributed by atoms with van der Waals surface area (Å²) in [5.74, 6) is 1.13. The van der Waals surface area contributed by atoms with E-state index in [1.807, 2.05) is 6.07 Å². The molecule has 1 saturated carbocycles. The van der Waals surface area contributed by atoms with Crippen LogP contribution in [-0.4, -0.2) is 62.6 Å². The standard InChI is InChI=1S/C23H34BNO6/c1-21(2)22(3,4)31-24(30-21)17-11-18(23-13-16(23)14-26-15-23)25-19(12-17)27-9-10-29-20-7-5-6-8-28-20/h11-12,16,20H,5-10,13-15H2,1-4H3/t16-,20?,23-/m1/s1. The minimum atomic E-state index is -0.447. The number of hydrogen-bond donors (Lipinski definition) is 0. The summed E-state index contributed by atoms with van der Waals surface area (Å²) >= 11 is 0. The van der Waals surface area contributed by atoms with Gasteiger partial charge < -0.3 is 28.3 Å². The van der Waals surface area contributed by atoms with E-state index >= 15 is 0 Å². The van der Waals surface area contributed by atoms with Gasteiger partial charge in [0.2, 0.25) is 5.88 Å². The van der Waals surface area contributed by atoms with Crippen LogP contribution in [0.5, 0.6) is 5.88 Å². The van der Waals surface area contributed by atoms with Gasteiger partial charge in [0.05, 0.1) is 36.7 Å². The van der Waals surface area contributed by atoms with Gasteiger partial charge in [-0.25, -0.2) is 4.98 Å². The molecule has 3 aliphatic heterocycles. The van der Waals surface area contributed by atoms with E-state index in [9.17, 15) is 0 Å². The number of aromatic nitrogens is 1. The SMILES string of the molecule is CC1(C)OB(c2cc(OCCOC3CCCCO3)nc([C@]34COC[C@H]3C4)c2)OC1(C)C. The van der Waals surface area contributed by atoms with Gasteiger partial charge in [-0.1, -0.05) is 0 Å². The van der Waals surface area contributed by atoms with Crippen molar-refractivity contribution in [1.82, 2.24) is 4.98 Å². The van der Waals surface area contributed by atoms with Crippen molar-refractivity contribution in [3.63, 3.8) is 0 Å². The molecule has 7 nitrogen and oxygen atoms in total. The smallest absolute Gasteiger partial charge is 0.475 e. The Morgan fingerprint density at radius 2 is 1.90 bits per heavy atom. The molecule has 31 heavy (non-hydrogen) atoms. The second-order valence-electron chi connectivity index (χ2n) is 10.3. The first-order valence-electron chi connectivity index (χ1n) is 11.6. The highest BCUT2D eigenvalue weighted by Gasteiger charge is 2.61. The average Bonchev–Trinajstić information content (AvgIpc) is 3.22. The maximum absolute atomic E-state index is 6.30. The second kappa shape index (κ2) is 7.99. The summed E-state index contributed by atoms with van der Waals surface area (Å²) < 4.78 is 35.8. The summed E-state index contributed by atoms with van der Waals surface area (Å²) in [6.07, 6.45) is 4.22. The first-order chi connectivity index (χ1) is 14.8. The third kappa shape index (κ3) is 4.13. The van der Waals surface area contributed by atoms with E-state index < -0.39 is 18.3 Å². The van der Waals surface area contributed by atoms with Gasteiger partial charge in [-0.05, 0) is 70.8 Å². The number of nitrogens with zero attached hydrogens (tertiary/aromatic N) is 1. The largest absolute Gasteiger partial charge is 0.495 e. The lowest BCUT2D eigenvalue weighted by Gasteiger charge is -2.32. The van der Waals surface area contributed by atoms with Gasteiger partial charge in [-0.3, -0.25) is 0 Å². The number of rotatable bonds is 7. The molecular weight excluding hydrogens is 397 g/mol. The van der Waals surface area contributed by atoms with Crippen LogP contribution in [0.2, 0.25) is 0 Å². The summed E-state index contributed by atoms with van der Waals surface area (Å²) in [6, 6.07) is 4.06. The minimum Gasteiger partial charge on any atom is -0.475 e. The molecule has 5 rings (SSSR count).